The summed E-state index contributed by atoms with van der Waals surface area (Å²) in [7, 11) is 0. The van der Waals surface area contributed by atoms with Crippen molar-refractivity contribution in [3.05, 3.63) is 83.9 Å². The first-order chi connectivity index (χ1) is 8.31. The van der Waals surface area contributed by atoms with Crippen LogP contribution in [0.3, 0.4) is 0 Å². The van der Waals surface area contributed by atoms with Crippen LogP contribution in [0, 0.1) is 0 Å². The van der Waals surface area contributed by atoms with Crippen LogP contribution in [-0.4, -0.2) is 0 Å². The Morgan fingerprint density at radius 1 is 0.706 bits per heavy atom. The highest BCUT2D eigenvalue weighted by Crippen LogP contribution is 2.51. The van der Waals surface area contributed by atoms with Crippen molar-refractivity contribution in [2.45, 2.75) is 18.3 Å². The fraction of sp³-hybridized carbons (Fsp3) is 0.176. The largest absolute Gasteiger partial charge is 0.0998 e. The molecular weight excluding hydrogens is 204 g/mol. The number of allylic oxidation sites excluding steroid dienone is 1. The van der Waals surface area contributed by atoms with Crippen LogP contribution in [-0.2, 0) is 5.41 Å². The molecule has 84 valence electrons. The molecular formula is C17H16. The van der Waals surface area contributed by atoms with Crippen molar-refractivity contribution in [1.82, 2.24) is 0 Å². The van der Waals surface area contributed by atoms with E-state index in [1.807, 2.05) is 0 Å². The second-order valence-corrected chi connectivity index (χ2v) is 4.92. The van der Waals surface area contributed by atoms with Crippen LogP contribution in [0.5, 0.6) is 0 Å². The molecule has 0 amide bonds. The van der Waals surface area contributed by atoms with Gasteiger partial charge in [-0.1, -0.05) is 72.8 Å². The number of hydrogen-bond acceptors (Lipinski definition) is 0. The minimum Gasteiger partial charge on any atom is -0.0998 e. The predicted octanol–water partition coefficient (Wildman–Crippen LogP) is 4.32. The molecule has 1 aliphatic rings. The van der Waals surface area contributed by atoms with Crippen molar-refractivity contribution in [2.75, 3.05) is 0 Å². The minimum atomic E-state index is 0.180. The third-order valence-electron chi connectivity index (χ3n) is 3.76. The molecule has 0 aliphatic heterocycles. The molecule has 17 heavy (non-hydrogen) atoms. The van der Waals surface area contributed by atoms with Gasteiger partial charge in [0.05, 0.1) is 0 Å². The van der Waals surface area contributed by atoms with Gasteiger partial charge in [-0.25, -0.2) is 0 Å². The Balaban J connectivity index is 2.09. The Hall–Kier alpha value is -1.82. The van der Waals surface area contributed by atoms with Gasteiger partial charge in [-0.15, -0.1) is 0 Å². The zero-order chi connectivity index (χ0) is 11.7. The molecule has 0 unspecified atom stereocenters. The fourth-order valence-electron chi connectivity index (χ4n) is 2.89. The van der Waals surface area contributed by atoms with Crippen LogP contribution < -0.4 is 0 Å². The molecule has 2 aromatic rings. The minimum absolute atomic E-state index is 0.180. The quantitative estimate of drug-likeness (QED) is 0.661. The average molecular weight is 220 g/mol. The molecule has 1 fully saturated rings. The fourth-order valence-corrected chi connectivity index (χ4v) is 2.89. The molecule has 0 spiro atoms. The third-order valence-corrected chi connectivity index (χ3v) is 3.76. The summed E-state index contributed by atoms with van der Waals surface area (Å²) in [6.45, 7) is 4.11. The Morgan fingerprint density at radius 2 is 1.12 bits per heavy atom. The van der Waals surface area contributed by atoms with E-state index in [0.717, 1.165) is 12.8 Å². The smallest absolute Gasteiger partial charge is 0.0276 e. The van der Waals surface area contributed by atoms with Crippen molar-refractivity contribution < 1.29 is 0 Å². The molecule has 0 N–H and O–H groups in total. The second-order valence-electron chi connectivity index (χ2n) is 4.92. The molecule has 0 aromatic heterocycles. The second kappa shape index (κ2) is 3.89. The maximum Gasteiger partial charge on any atom is 0.0276 e. The lowest BCUT2D eigenvalue weighted by Gasteiger charge is -2.44. The Morgan fingerprint density at radius 3 is 1.47 bits per heavy atom. The molecule has 0 heteroatoms. The van der Waals surface area contributed by atoms with Crippen molar-refractivity contribution in [2.24, 2.45) is 0 Å². The highest BCUT2D eigenvalue weighted by Gasteiger charge is 2.42. The predicted molar refractivity (Wildman–Crippen MR) is 72.0 cm³/mol. The summed E-state index contributed by atoms with van der Waals surface area (Å²) in [6, 6.07) is 21.6. The Kier molecular flexibility index (Phi) is 2.36. The van der Waals surface area contributed by atoms with E-state index >= 15 is 0 Å². The van der Waals surface area contributed by atoms with E-state index in [1.165, 1.54) is 16.7 Å². The van der Waals surface area contributed by atoms with Crippen molar-refractivity contribution in [3.8, 4) is 0 Å². The van der Waals surface area contributed by atoms with Crippen LogP contribution in [0.25, 0.3) is 0 Å². The topological polar surface area (TPSA) is 0 Å². The molecule has 0 radical (unpaired) electrons. The van der Waals surface area contributed by atoms with Crippen molar-refractivity contribution >= 4 is 0 Å². The monoisotopic (exact) mass is 220 g/mol. The van der Waals surface area contributed by atoms with E-state index in [-0.39, 0.29) is 5.41 Å². The highest BCUT2D eigenvalue weighted by molar-refractivity contribution is 5.47. The van der Waals surface area contributed by atoms with E-state index in [2.05, 4.69) is 67.2 Å². The van der Waals surface area contributed by atoms with Gasteiger partial charge >= 0.3 is 0 Å². The molecule has 0 nitrogen and oxygen atoms in total. The molecule has 2 aromatic carbocycles. The first-order valence-electron chi connectivity index (χ1n) is 6.09. The first-order valence-corrected chi connectivity index (χ1v) is 6.09. The van der Waals surface area contributed by atoms with Gasteiger partial charge in [0.25, 0.3) is 0 Å². The lowest BCUT2D eigenvalue weighted by Crippen LogP contribution is -2.36. The van der Waals surface area contributed by atoms with Gasteiger partial charge in [-0.05, 0) is 24.0 Å². The van der Waals surface area contributed by atoms with Gasteiger partial charge in [0, 0.05) is 5.41 Å². The van der Waals surface area contributed by atoms with Gasteiger partial charge in [-0.2, -0.15) is 0 Å². The summed E-state index contributed by atoms with van der Waals surface area (Å²) >= 11 is 0. The normalized spacial score (nSPS) is 17.5. The molecule has 0 heterocycles. The SMILES string of the molecule is C=C1CC(c2ccccc2)(c2ccccc2)C1. The van der Waals surface area contributed by atoms with Gasteiger partial charge in [0.1, 0.15) is 0 Å². The van der Waals surface area contributed by atoms with Gasteiger partial charge < -0.3 is 0 Å². The van der Waals surface area contributed by atoms with Gasteiger partial charge in [-0.3, -0.25) is 0 Å². The van der Waals surface area contributed by atoms with Gasteiger partial charge in [0.15, 0.2) is 0 Å². The molecule has 0 bridgehead atoms. The van der Waals surface area contributed by atoms with E-state index < -0.39 is 0 Å². The number of rotatable bonds is 2. The third kappa shape index (κ3) is 1.61. The Bertz CT molecular complexity index is 473. The van der Waals surface area contributed by atoms with Crippen LogP contribution in [0.4, 0.5) is 0 Å². The first kappa shape index (κ1) is 10.3. The lowest BCUT2D eigenvalue weighted by molar-refractivity contribution is 0.404. The summed E-state index contributed by atoms with van der Waals surface area (Å²) in [4.78, 5) is 0. The summed E-state index contributed by atoms with van der Waals surface area (Å²) in [5.41, 5.74) is 4.37. The van der Waals surface area contributed by atoms with E-state index in [1.54, 1.807) is 0 Å². The maximum atomic E-state index is 4.11. The highest BCUT2D eigenvalue weighted by atomic mass is 14.4. The molecule has 3 rings (SSSR count). The van der Waals surface area contributed by atoms with Crippen LogP contribution in [0.2, 0.25) is 0 Å². The number of hydrogen-bond donors (Lipinski definition) is 0. The van der Waals surface area contributed by atoms with Crippen LogP contribution >= 0.6 is 0 Å². The van der Waals surface area contributed by atoms with E-state index in [4.69, 9.17) is 0 Å². The Labute approximate surface area is 103 Å². The van der Waals surface area contributed by atoms with E-state index in [0.29, 0.717) is 0 Å². The van der Waals surface area contributed by atoms with E-state index in [9.17, 15) is 0 Å². The van der Waals surface area contributed by atoms with Crippen LogP contribution in [0.15, 0.2) is 72.8 Å². The summed E-state index contributed by atoms with van der Waals surface area (Å²) in [6.07, 6.45) is 2.17. The van der Waals surface area contributed by atoms with Gasteiger partial charge in [0.2, 0.25) is 0 Å². The zero-order valence-corrected chi connectivity index (χ0v) is 9.89. The standard InChI is InChI=1S/C17H16/c1-14-12-17(13-14,15-8-4-2-5-9-15)16-10-6-3-7-11-16/h2-11H,1,12-13H2. The van der Waals surface area contributed by atoms with Crippen LogP contribution in [0.1, 0.15) is 24.0 Å². The summed E-state index contributed by atoms with van der Waals surface area (Å²) in [5.74, 6) is 0. The zero-order valence-electron chi connectivity index (χ0n) is 9.89. The summed E-state index contributed by atoms with van der Waals surface area (Å²) in [5, 5.41) is 0. The summed E-state index contributed by atoms with van der Waals surface area (Å²) < 4.78 is 0. The molecule has 0 atom stereocenters. The molecule has 1 saturated carbocycles. The molecule has 0 saturated heterocycles. The lowest BCUT2D eigenvalue weighted by atomic mass is 9.58. The van der Waals surface area contributed by atoms with Crippen molar-refractivity contribution in [3.63, 3.8) is 0 Å². The maximum absolute atomic E-state index is 4.11. The number of benzene rings is 2. The molecule has 1 aliphatic carbocycles. The average Bonchev–Trinajstić information content (AvgIpc) is 2.37. The van der Waals surface area contributed by atoms with Crippen molar-refractivity contribution in [1.29, 1.82) is 0 Å².